The minimum absolute atomic E-state index is 0.921. The topological polar surface area (TPSA) is 183 Å². The predicted octanol–water partition coefficient (Wildman–Crippen LogP) is -2.78. The molecule has 0 spiro atoms. The van der Waals surface area contributed by atoms with Crippen LogP contribution in [-0.2, 0) is 9.59 Å². The highest BCUT2D eigenvalue weighted by Crippen LogP contribution is 2.74. The van der Waals surface area contributed by atoms with Crippen molar-refractivity contribution in [1.29, 1.82) is 10.5 Å². The number of nitriles is 2. The Kier molecular flexibility index (Phi) is 2.13. The van der Waals surface area contributed by atoms with Crippen LogP contribution >= 0.6 is 0 Å². The molecule has 4 atom stereocenters. The van der Waals surface area contributed by atoms with Crippen LogP contribution < -0.4 is 11.1 Å². The van der Waals surface area contributed by atoms with Crippen molar-refractivity contribution in [2.24, 2.45) is 22.5 Å². The van der Waals surface area contributed by atoms with E-state index in [0.29, 0.717) is 0 Å². The second-order valence-corrected chi connectivity index (χ2v) is 4.51. The van der Waals surface area contributed by atoms with Gasteiger partial charge in [0.2, 0.25) is 17.5 Å². The fraction of sp³-hybridized carbons (Fsp3) is 0.556. The number of nitrogens with one attached hydrogen (secondary N) is 1. The average molecular weight is 265 g/mol. The van der Waals surface area contributed by atoms with E-state index < -0.39 is 45.8 Å². The van der Waals surface area contributed by atoms with Crippen LogP contribution in [0.3, 0.4) is 0 Å². The quantitative estimate of drug-likeness (QED) is 0.363. The number of piperidine rings is 1. The molecule has 10 heteroatoms. The first-order valence-electron chi connectivity index (χ1n) is 5.02. The van der Waals surface area contributed by atoms with Gasteiger partial charge in [-0.3, -0.25) is 19.7 Å². The third-order valence-corrected chi connectivity index (χ3v) is 3.68. The van der Waals surface area contributed by atoms with Gasteiger partial charge < -0.3 is 16.2 Å². The van der Waals surface area contributed by atoms with Gasteiger partial charge in [0.25, 0.3) is 6.54 Å². The minimum Gasteiger partial charge on any atom is -0.368 e. The molecule has 0 aromatic rings. The van der Waals surface area contributed by atoms with Crippen LogP contribution in [0.15, 0.2) is 0 Å². The average Bonchev–Trinajstić information content (AvgIpc) is 2.86. The highest BCUT2D eigenvalue weighted by molar-refractivity contribution is 6.07. The second-order valence-electron chi connectivity index (χ2n) is 4.51. The summed E-state index contributed by atoms with van der Waals surface area (Å²) in [7, 11) is 0. The Morgan fingerprint density at radius 2 is 2.16 bits per heavy atom. The molecule has 2 rings (SSSR count). The molecule has 1 aliphatic carbocycles. The number of carbonyl (C=O) groups is 2. The summed E-state index contributed by atoms with van der Waals surface area (Å²) < 4.78 is 0. The number of fused-ring (bicyclic) bond motifs is 1. The number of hydrogen-bond acceptors (Lipinski definition) is 7. The fourth-order valence-electron chi connectivity index (χ4n) is 2.94. The molecular weight excluding hydrogens is 258 g/mol. The largest absolute Gasteiger partial charge is 0.368 e. The summed E-state index contributed by atoms with van der Waals surface area (Å²) in [5.74, 6) is -3.93. The van der Waals surface area contributed by atoms with Crippen LogP contribution in [0.4, 0.5) is 0 Å². The third-order valence-electron chi connectivity index (χ3n) is 3.68. The van der Waals surface area contributed by atoms with Gasteiger partial charge in [-0.15, -0.1) is 0 Å². The molecule has 0 bridgehead atoms. The van der Waals surface area contributed by atoms with Gasteiger partial charge in [-0.1, -0.05) is 0 Å². The van der Waals surface area contributed by atoms with E-state index in [9.17, 15) is 24.8 Å². The molecule has 1 heterocycles. The first kappa shape index (κ1) is 12.7. The molecule has 98 valence electrons. The lowest BCUT2D eigenvalue weighted by atomic mass is 9.92. The van der Waals surface area contributed by atoms with Crippen LogP contribution in [-0.4, -0.2) is 34.1 Å². The van der Waals surface area contributed by atoms with E-state index in [0.717, 1.165) is 0 Å². The predicted molar refractivity (Wildman–Crippen MR) is 53.7 cm³/mol. The fourth-order valence-corrected chi connectivity index (χ4v) is 2.94. The molecule has 0 aromatic heterocycles. The van der Waals surface area contributed by atoms with E-state index >= 15 is 0 Å². The smallest absolute Gasteiger partial charge is 0.251 e. The molecule has 4 unspecified atom stereocenters. The van der Waals surface area contributed by atoms with Crippen LogP contribution in [0.5, 0.6) is 0 Å². The van der Waals surface area contributed by atoms with Gasteiger partial charge in [-0.2, -0.15) is 10.5 Å². The Hall–Kier alpha value is -2.72. The number of hydrogen-bond donors (Lipinski definition) is 3. The van der Waals surface area contributed by atoms with E-state index in [1.807, 2.05) is 5.32 Å². The summed E-state index contributed by atoms with van der Waals surface area (Å²) in [6.45, 7) is -1.14. The van der Waals surface area contributed by atoms with Gasteiger partial charge in [0.15, 0.2) is 10.8 Å². The Morgan fingerprint density at radius 1 is 1.58 bits per heavy atom. The molecule has 0 aromatic carbocycles. The first-order valence-corrected chi connectivity index (χ1v) is 5.02. The molecular formula is C9H7N5O5. The summed E-state index contributed by atoms with van der Waals surface area (Å²) in [6.07, 6.45) is 0. The van der Waals surface area contributed by atoms with Crippen molar-refractivity contribution < 1.29 is 19.6 Å². The van der Waals surface area contributed by atoms with Gasteiger partial charge >= 0.3 is 0 Å². The summed E-state index contributed by atoms with van der Waals surface area (Å²) in [6, 6.07) is 2.96. The zero-order chi connectivity index (χ0) is 14.6. The maximum absolute atomic E-state index is 11.8. The van der Waals surface area contributed by atoms with Gasteiger partial charge in [-0.25, -0.2) is 0 Å². The van der Waals surface area contributed by atoms with Crippen molar-refractivity contribution in [1.82, 2.24) is 5.32 Å². The van der Waals surface area contributed by atoms with E-state index in [2.05, 4.69) is 0 Å². The van der Waals surface area contributed by atoms with E-state index in [1.54, 1.807) is 0 Å². The lowest BCUT2D eigenvalue weighted by Gasteiger charge is -2.23. The Labute approximate surface area is 105 Å². The number of carbonyl (C=O) groups excluding carboxylic acids is 2. The number of nitro groups is 1. The summed E-state index contributed by atoms with van der Waals surface area (Å²) >= 11 is 0. The standard InChI is InChI=1S/C9H7N5O5/c10-1-7(5(12)15)4-8(7,2-11)6(16)13-9(4,17)3-14(18)19/h4,17H,3H2,(H2,12,15)(H,13,16). The number of primary amides is 1. The Morgan fingerprint density at radius 3 is 2.47 bits per heavy atom. The molecule has 10 nitrogen and oxygen atoms in total. The van der Waals surface area contributed by atoms with Crippen LogP contribution in [0, 0.1) is 49.5 Å². The maximum atomic E-state index is 11.8. The van der Waals surface area contributed by atoms with Crippen LogP contribution in [0.25, 0.3) is 0 Å². The van der Waals surface area contributed by atoms with Crippen LogP contribution in [0.2, 0.25) is 0 Å². The molecule has 2 fully saturated rings. The highest BCUT2D eigenvalue weighted by Gasteiger charge is 2.95. The van der Waals surface area contributed by atoms with Gasteiger partial charge in [-0.05, 0) is 0 Å². The number of amides is 2. The van der Waals surface area contributed by atoms with Crippen LogP contribution in [0.1, 0.15) is 0 Å². The van der Waals surface area contributed by atoms with E-state index in [4.69, 9.17) is 16.3 Å². The molecule has 2 aliphatic rings. The summed E-state index contributed by atoms with van der Waals surface area (Å²) in [5, 5.41) is 40.6. The molecule has 4 N–H and O–H groups in total. The number of nitrogens with zero attached hydrogens (tertiary/aromatic N) is 3. The number of rotatable bonds is 3. The van der Waals surface area contributed by atoms with Crippen molar-refractivity contribution in [3.63, 3.8) is 0 Å². The molecule has 0 radical (unpaired) electrons. The van der Waals surface area contributed by atoms with Gasteiger partial charge in [0, 0.05) is 4.92 Å². The zero-order valence-corrected chi connectivity index (χ0v) is 9.28. The van der Waals surface area contributed by atoms with Crippen molar-refractivity contribution in [3.8, 4) is 12.1 Å². The summed E-state index contributed by atoms with van der Waals surface area (Å²) in [5.41, 5.74) is -1.82. The lowest BCUT2D eigenvalue weighted by molar-refractivity contribution is -0.503. The molecule has 1 saturated heterocycles. The highest BCUT2D eigenvalue weighted by atomic mass is 16.6. The SMILES string of the molecule is N#CC1(C(N)=O)C2C(O)(C[N+](=O)[O-])NC(=O)C21C#N. The van der Waals surface area contributed by atoms with Crippen molar-refractivity contribution >= 4 is 11.8 Å². The minimum atomic E-state index is -2.44. The van der Waals surface area contributed by atoms with Crippen molar-refractivity contribution in [2.45, 2.75) is 5.72 Å². The molecule has 1 saturated carbocycles. The van der Waals surface area contributed by atoms with Gasteiger partial charge in [0.1, 0.15) is 0 Å². The van der Waals surface area contributed by atoms with E-state index in [1.165, 1.54) is 12.1 Å². The zero-order valence-electron chi connectivity index (χ0n) is 9.28. The normalized spacial score (nSPS) is 42.5. The Balaban J connectivity index is 2.60. The Bertz CT molecular complexity index is 585. The third kappa shape index (κ3) is 1.07. The lowest BCUT2D eigenvalue weighted by Crippen LogP contribution is -2.55. The van der Waals surface area contributed by atoms with Crippen molar-refractivity contribution in [2.75, 3.05) is 6.54 Å². The maximum Gasteiger partial charge on any atom is 0.251 e. The molecule has 2 amide bonds. The first-order chi connectivity index (χ1) is 8.73. The second kappa shape index (κ2) is 3.18. The summed E-state index contributed by atoms with van der Waals surface area (Å²) in [4.78, 5) is 32.8. The number of aliphatic hydroxyl groups is 1. The van der Waals surface area contributed by atoms with Crippen molar-refractivity contribution in [3.05, 3.63) is 10.1 Å². The monoisotopic (exact) mass is 265 g/mol. The van der Waals surface area contributed by atoms with E-state index in [-0.39, 0.29) is 0 Å². The number of nitrogens with two attached hydrogens (primary N) is 1. The molecule has 19 heavy (non-hydrogen) atoms. The molecule has 1 aliphatic heterocycles. The van der Waals surface area contributed by atoms with Gasteiger partial charge in [0.05, 0.1) is 18.1 Å².